The fourth-order valence-corrected chi connectivity index (χ4v) is 2.40. The minimum atomic E-state index is -0.569. The largest absolute Gasteiger partial charge is 0.391 e. The molecule has 0 bridgehead atoms. The van der Waals surface area contributed by atoms with Crippen LogP contribution in [0, 0.1) is 11.3 Å². The van der Waals surface area contributed by atoms with E-state index in [0.717, 1.165) is 25.3 Å². The first-order valence-electron chi connectivity index (χ1n) is 6.47. The van der Waals surface area contributed by atoms with Crippen molar-refractivity contribution in [3.8, 4) is 0 Å². The SMILES string of the molecule is C=CC(=O)ONC1(C)CCC(C(C)(C)C)CC1O. The summed E-state index contributed by atoms with van der Waals surface area (Å²) in [6.45, 7) is 11.8. The molecule has 4 heteroatoms. The van der Waals surface area contributed by atoms with Gasteiger partial charge < -0.3 is 9.94 Å². The molecule has 0 aromatic heterocycles. The van der Waals surface area contributed by atoms with E-state index in [9.17, 15) is 9.90 Å². The third-order valence-corrected chi connectivity index (χ3v) is 4.03. The van der Waals surface area contributed by atoms with E-state index >= 15 is 0 Å². The van der Waals surface area contributed by atoms with Gasteiger partial charge in [0.25, 0.3) is 0 Å². The van der Waals surface area contributed by atoms with Crippen LogP contribution in [-0.4, -0.2) is 22.7 Å². The predicted molar refractivity (Wildman–Crippen MR) is 70.6 cm³/mol. The molecule has 1 aliphatic rings. The van der Waals surface area contributed by atoms with Crippen molar-refractivity contribution in [3.63, 3.8) is 0 Å². The molecule has 1 fully saturated rings. The Balaban J connectivity index is 2.60. The second-order valence-electron chi connectivity index (χ2n) is 6.50. The normalized spacial score (nSPS) is 32.9. The zero-order valence-corrected chi connectivity index (χ0v) is 11.8. The lowest BCUT2D eigenvalue weighted by molar-refractivity contribution is -0.157. The summed E-state index contributed by atoms with van der Waals surface area (Å²) in [5.41, 5.74) is 2.33. The Hall–Kier alpha value is -0.870. The van der Waals surface area contributed by atoms with Crippen molar-refractivity contribution in [2.45, 2.75) is 58.6 Å². The van der Waals surface area contributed by atoms with Gasteiger partial charge in [0, 0.05) is 6.08 Å². The van der Waals surface area contributed by atoms with Crippen molar-refractivity contribution in [2.24, 2.45) is 11.3 Å². The summed E-state index contributed by atoms with van der Waals surface area (Å²) in [5.74, 6) is -0.0427. The monoisotopic (exact) mass is 255 g/mol. The van der Waals surface area contributed by atoms with Crippen LogP contribution in [0.5, 0.6) is 0 Å². The maximum absolute atomic E-state index is 11.0. The lowest BCUT2D eigenvalue weighted by Gasteiger charge is -2.45. The molecule has 0 saturated heterocycles. The van der Waals surface area contributed by atoms with Crippen molar-refractivity contribution >= 4 is 5.97 Å². The second kappa shape index (κ2) is 5.41. The van der Waals surface area contributed by atoms with Crippen LogP contribution in [0.2, 0.25) is 0 Å². The van der Waals surface area contributed by atoms with Crippen LogP contribution in [0.15, 0.2) is 12.7 Å². The number of hydrogen-bond donors (Lipinski definition) is 2. The lowest BCUT2D eigenvalue weighted by Crippen LogP contribution is -2.56. The summed E-state index contributed by atoms with van der Waals surface area (Å²) in [7, 11) is 0. The van der Waals surface area contributed by atoms with Gasteiger partial charge in [-0.15, -0.1) is 5.48 Å². The van der Waals surface area contributed by atoms with Gasteiger partial charge in [0.05, 0.1) is 11.6 Å². The van der Waals surface area contributed by atoms with E-state index in [4.69, 9.17) is 4.84 Å². The van der Waals surface area contributed by atoms with Crippen molar-refractivity contribution in [3.05, 3.63) is 12.7 Å². The van der Waals surface area contributed by atoms with E-state index < -0.39 is 17.6 Å². The van der Waals surface area contributed by atoms with Gasteiger partial charge in [-0.2, -0.15) is 0 Å². The minimum absolute atomic E-state index is 0.195. The topological polar surface area (TPSA) is 58.6 Å². The van der Waals surface area contributed by atoms with Crippen LogP contribution in [0.1, 0.15) is 47.0 Å². The second-order valence-corrected chi connectivity index (χ2v) is 6.50. The molecule has 0 radical (unpaired) electrons. The van der Waals surface area contributed by atoms with Gasteiger partial charge in [-0.3, -0.25) is 0 Å². The molecule has 3 unspecified atom stereocenters. The van der Waals surface area contributed by atoms with Crippen molar-refractivity contribution in [1.29, 1.82) is 0 Å². The molecule has 0 spiro atoms. The molecule has 2 N–H and O–H groups in total. The van der Waals surface area contributed by atoms with Crippen molar-refractivity contribution in [2.75, 3.05) is 0 Å². The number of carbonyl (C=O) groups excluding carboxylic acids is 1. The first-order chi connectivity index (χ1) is 8.19. The van der Waals surface area contributed by atoms with E-state index in [2.05, 4.69) is 32.8 Å². The first-order valence-corrected chi connectivity index (χ1v) is 6.47. The van der Waals surface area contributed by atoms with Gasteiger partial charge in [0.15, 0.2) is 0 Å². The van der Waals surface area contributed by atoms with Gasteiger partial charge >= 0.3 is 5.97 Å². The summed E-state index contributed by atoms with van der Waals surface area (Å²) in [4.78, 5) is 15.9. The zero-order valence-electron chi connectivity index (χ0n) is 11.8. The van der Waals surface area contributed by atoms with Gasteiger partial charge in [0.1, 0.15) is 0 Å². The number of hydrogen-bond acceptors (Lipinski definition) is 4. The quantitative estimate of drug-likeness (QED) is 0.599. The molecule has 4 nitrogen and oxygen atoms in total. The van der Waals surface area contributed by atoms with Crippen LogP contribution in [0.4, 0.5) is 0 Å². The summed E-state index contributed by atoms with van der Waals surface area (Å²) in [6.07, 6.45) is 3.09. The highest BCUT2D eigenvalue weighted by Crippen LogP contribution is 2.41. The van der Waals surface area contributed by atoms with E-state index in [-0.39, 0.29) is 5.41 Å². The Labute approximate surface area is 109 Å². The first kappa shape index (κ1) is 15.2. The lowest BCUT2D eigenvalue weighted by atomic mass is 9.67. The molecular formula is C14H25NO3. The number of aliphatic hydroxyl groups excluding tert-OH is 1. The highest BCUT2D eigenvalue weighted by atomic mass is 16.7. The predicted octanol–water partition coefficient (Wildman–Crippen LogP) is 2.19. The van der Waals surface area contributed by atoms with Gasteiger partial charge in [0.2, 0.25) is 0 Å². The molecule has 104 valence electrons. The molecule has 1 aliphatic carbocycles. The van der Waals surface area contributed by atoms with E-state index in [1.54, 1.807) is 0 Å². The molecule has 1 rings (SSSR count). The van der Waals surface area contributed by atoms with Gasteiger partial charge in [-0.1, -0.05) is 27.4 Å². The standard InChI is InChI=1S/C14H25NO3/c1-6-12(17)18-15-14(5)8-7-10(9-11(14)16)13(2,3)4/h6,10-11,15-16H,1,7-9H2,2-5H3. The molecule has 1 saturated carbocycles. The van der Waals surface area contributed by atoms with Crippen LogP contribution >= 0.6 is 0 Å². The number of nitrogens with one attached hydrogen (secondary N) is 1. The Morgan fingerprint density at radius 1 is 1.56 bits per heavy atom. The van der Waals surface area contributed by atoms with Gasteiger partial charge in [-0.05, 0) is 37.5 Å². The molecule has 18 heavy (non-hydrogen) atoms. The van der Waals surface area contributed by atoms with Crippen LogP contribution in [-0.2, 0) is 9.63 Å². The van der Waals surface area contributed by atoms with Crippen LogP contribution < -0.4 is 5.48 Å². The number of aliphatic hydroxyl groups is 1. The summed E-state index contributed by atoms with van der Waals surface area (Å²) in [6, 6.07) is 0. The van der Waals surface area contributed by atoms with E-state index in [1.165, 1.54) is 0 Å². The van der Waals surface area contributed by atoms with E-state index in [0.29, 0.717) is 5.92 Å². The third kappa shape index (κ3) is 3.56. The number of hydroxylamine groups is 1. The molecule has 0 aromatic rings. The molecule has 0 aliphatic heterocycles. The highest BCUT2D eigenvalue weighted by molar-refractivity contribution is 5.80. The number of carbonyl (C=O) groups is 1. The molecule has 0 amide bonds. The Morgan fingerprint density at radius 3 is 2.61 bits per heavy atom. The molecule has 3 atom stereocenters. The van der Waals surface area contributed by atoms with Crippen LogP contribution in [0.25, 0.3) is 0 Å². The highest BCUT2D eigenvalue weighted by Gasteiger charge is 2.43. The Morgan fingerprint density at radius 2 is 2.17 bits per heavy atom. The third-order valence-electron chi connectivity index (χ3n) is 4.03. The van der Waals surface area contributed by atoms with Gasteiger partial charge in [-0.25, -0.2) is 4.79 Å². The number of rotatable bonds is 3. The van der Waals surface area contributed by atoms with E-state index in [1.807, 2.05) is 6.92 Å². The molecule has 0 aromatic carbocycles. The smallest absolute Gasteiger partial charge is 0.348 e. The summed E-state index contributed by atoms with van der Waals surface area (Å²) < 4.78 is 0. The fourth-order valence-electron chi connectivity index (χ4n) is 2.40. The fraction of sp³-hybridized carbons (Fsp3) is 0.786. The Kier molecular flexibility index (Phi) is 4.56. The van der Waals surface area contributed by atoms with Crippen LogP contribution in [0.3, 0.4) is 0 Å². The summed E-state index contributed by atoms with van der Waals surface area (Å²) in [5, 5.41) is 10.3. The molecular weight excluding hydrogens is 230 g/mol. The van der Waals surface area contributed by atoms with Crippen molar-refractivity contribution in [1.82, 2.24) is 5.48 Å². The molecule has 0 heterocycles. The zero-order chi connectivity index (χ0) is 14.0. The summed E-state index contributed by atoms with van der Waals surface area (Å²) >= 11 is 0. The Bertz CT molecular complexity index is 321. The maximum Gasteiger partial charge on any atom is 0.348 e. The average molecular weight is 255 g/mol. The minimum Gasteiger partial charge on any atom is -0.391 e. The van der Waals surface area contributed by atoms with Crippen molar-refractivity contribution < 1.29 is 14.7 Å². The average Bonchev–Trinajstić information content (AvgIpc) is 2.28. The maximum atomic E-state index is 11.0.